The molecule has 27 heavy (non-hydrogen) atoms. The quantitative estimate of drug-likeness (QED) is 0.795. The SMILES string of the molecule is CC(C)(C)c1ccccc1OC[C@H](O)C[NH+]1CCN(c2cccc[nH+]2)CC1. The molecule has 1 fully saturated rings. The van der Waals surface area contributed by atoms with Gasteiger partial charge >= 0.3 is 0 Å². The van der Waals surface area contributed by atoms with Crippen LogP contribution in [0.15, 0.2) is 48.7 Å². The Morgan fingerprint density at radius 1 is 1.11 bits per heavy atom. The summed E-state index contributed by atoms with van der Waals surface area (Å²) in [5.74, 6) is 2.04. The molecule has 5 nitrogen and oxygen atoms in total. The fourth-order valence-corrected chi connectivity index (χ4v) is 3.64. The van der Waals surface area contributed by atoms with Gasteiger partial charge in [-0.2, -0.15) is 0 Å². The molecule has 0 radical (unpaired) electrons. The van der Waals surface area contributed by atoms with E-state index in [0.717, 1.165) is 38.5 Å². The fourth-order valence-electron chi connectivity index (χ4n) is 3.64. The van der Waals surface area contributed by atoms with E-state index in [1.54, 1.807) is 0 Å². The van der Waals surface area contributed by atoms with Crippen LogP contribution in [0.3, 0.4) is 0 Å². The molecule has 2 heterocycles. The van der Waals surface area contributed by atoms with E-state index in [2.05, 4.69) is 48.9 Å². The molecule has 1 aliphatic heterocycles. The van der Waals surface area contributed by atoms with Crippen molar-refractivity contribution in [3.05, 3.63) is 54.2 Å². The average molecular weight is 372 g/mol. The number of para-hydroxylation sites is 1. The summed E-state index contributed by atoms with van der Waals surface area (Å²) < 4.78 is 5.98. The molecular weight excluding hydrogens is 338 g/mol. The van der Waals surface area contributed by atoms with E-state index in [1.165, 1.54) is 16.3 Å². The molecular formula is C22H33N3O2+2. The van der Waals surface area contributed by atoms with Gasteiger partial charge in [0.25, 0.3) is 5.82 Å². The van der Waals surface area contributed by atoms with E-state index in [1.807, 2.05) is 30.5 Å². The van der Waals surface area contributed by atoms with Crippen molar-refractivity contribution in [1.29, 1.82) is 0 Å². The molecule has 1 atom stereocenters. The molecule has 2 aromatic rings. The number of ether oxygens (including phenoxy) is 1. The van der Waals surface area contributed by atoms with Crippen molar-refractivity contribution in [1.82, 2.24) is 0 Å². The van der Waals surface area contributed by atoms with E-state index in [9.17, 15) is 5.11 Å². The normalized spacial score (nSPS) is 17.0. The van der Waals surface area contributed by atoms with Gasteiger partial charge in [-0.25, -0.2) is 4.98 Å². The first-order chi connectivity index (χ1) is 12.9. The Morgan fingerprint density at radius 2 is 1.81 bits per heavy atom. The summed E-state index contributed by atoms with van der Waals surface area (Å²) in [6, 6.07) is 14.3. The van der Waals surface area contributed by atoms with Gasteiger partial charge in [0.2, 0.25) is 0 Å². The molecule has 1 aromatic carbocycles. The number of pyridine rings is 1. The lowest BCUT2D eigenvalue weighted by Gasteiger charge is -2.29. The van der Waals surface area contributed by atoms with Gasteiger partial charge in [-0.05, 0) is 23.1 Å². The molecule has 0 amide bonds. The molecule has 146 valence electrons. The van der Waals surface area contributed by atoms with Crippen molar-refractivity contribution in [3.63, 3.8) is 0 Å². The Kier molecular flexibility index (Phi) is 6.34. The van der Waals surface area contributed by atoms with E-state index in [4.69, 9.17) is 4.74 Å². The molecule has 3 rings (SSSR count). The van der Waals surface area contributed by atoms with Crippen LogP contribution in [0.4, 0.5) is 5.82 Å². The summed E-state index contributed by atoms with van der Waals surface area (Å²) >= 11 is 0. The first-order valence-electron chi connectivity index (χ1n) is 9.89. The Morgan fingerprint density at radius 3 is 2.48 bits per heavy atom. The number of piperazine rings is 1. The maximum Gasteiger partial charge on any atom is 0.274 e. The molecule has 1 aromatic heterocycles. The van der Waals surface area contributed by atoms with E-state index >= 15 is 0 Å². The fraction of sp³-hybridized carbons (Fsp3) is 0.500. The summed E-state index contributed by atoms with van der Waals surface area (Å²) in [7, 11) is 0. The Hall–Kier alpha value is -2.11. The molecule has 0 bridgehead atoms. The van der Waals surface area contributed by atoms with E-state index in [-0.39, 0.29) is 5.41 Å². The number of aliphatic hydroxyl groups excluding tert-OH is 1. The smallest absolute Gasteiger partial charge is 0.274 e. The first kappa shape index (κ1) is 19.6. The molecule has 3 N–H and O–H groups in total. The number of quaternary nitrogens is 1. The number of benzene rings is 1. The minimum atomic E-state index is -0.456. The van der Waals surface area contributed by atoms with E-state index in [0.29, 0.717) is 6.61 Å². The Balaban J connectivity index is 1.46. The lowest BCUT2D eigenvalue weighted by molar-refractivity contribution is -0.903. The highest BCUT2D eigenvalue weighted by atomic mass is 16.5. The standard InChI is InChI=1S/C22H31N3O2/c1-22(2,3)19-8-4-5-9-20(19)27-17-18(26)16-24-12-14-25(15-13-24)21-10-6-7-11-23-21/h4-11,18,26H,12-17H2,1-3H3/p+2/t18-/m1/s1. The number of aromatic nitrogens is 1. The van der Waals surface area contributed by atoms with Gasteiger partial charge in [0, 0.05) is 6.07 Å². The number of nitrogens with zero attached hydrogens (tertiary/aromatic N) is 1. The lowest BCUT2D eigenvalue weighted by Crippen LogP contribution is -3.16. The number of H-pyrrole nitrogens is 1. The topological polar surface area (TPSA) is 51.3 Å². The third-order valence-electron chi connectivity index (χ3n) is 5.15. The summed E-state index contributed by atoms with van der Waals surface area (Å²) in [4.78, 5) is 7.10. The summed E-state index contributed by atoms with van der Waals surface area (Å²) in [5, 5.41) is 10.5. The predicted molar refractivity (Wildman–Crippen MR) is 107 cm³/mol. The summed E-state index contributed by atoms with van der Waals surface area (Å²) in [6.45, 7) is 11.7. The third kappa shape index (κ3) is 5.44. The highest BCUT2D eigenvalue weighted by Gasteiger charge is 2.27. The number of aliphatic hydroxyl groups is 1. The predicted octanol–water partition coefficient (Wildman–Crippen LogP) is 0.943. The van der Waals surface area contributed by atoms with Crippen LogP contribution < -0.4 is 19.5 Å². The van der Waals surface area contributed by atoms with Crippen molar-refractivity contribution < 1.29 is 19.7 Å². The van der Waals surface area contributed by atoms with Crippen LogP contribution in [0.2, 0.25) is 0 Å². The molecule has 5 heteroatoms. The van der Waals surface area contributed by atoms with Crippen LogP contribution >= 0.6 is 0 Å². The minimum Gasteiger partial charge on any atom is -0.490 e. The van der Waals surface area contributed by atoms with E-state index < -0.39 is 6.10 Å². The highest BCUT2D eigenvalue weighted by Crippen LogP contribution is 2.30. The van der Waals surface area contributed by atoms with Crippen molar-refractivity contribution in [3.8, 4) is 5.75 Å². The van der Waals surface area contributed by atoms with Crippen molar-refractivity contribution in [2.45, 2.75) is 32.3 Å². The average Bonchev–Trinajstić information content (AvgIpc) is 2.67. The zero-order valence-corrected chi connectivity index (χ0v) is 16.7. The number of nitrogens with one attached hydrogen (secondary N) is 2. The zero-order valence-electron chi connectivity index (χ0n) is 16.7. The van der Waals surface area contributed by atoms with Gasteiger partial charge in [0.15, 0.2) is 0 Å². The molecule has 1 saturated heterocycles. The maximum atomic E-state index is 10.5. The minimum absolute atomic E-state index is 0.0254. The van der Waals surface area contributed by atoms with Crippen molar-refractivity contribution in [2.75, 3.05) is 44.2 Å². The van der Waals surface area contributed by atoms with Crippen LogP contribution in [0.5, 0.6) is 5.75 Å². The maximum absolute atomic E-state index is 10.5. The van der Waals surface area contributed by atoms with Crippen LogP contribution in [0.1, 0.15) is 26.3 Å². The molecule has 0 spiro atoms. The first-order valence-corrected chi connectivity index (χ1v) is 9.89. The number of rotatable bonds is 6. The summed E-state index contributed by atoms with van der Waals surface area (Å²) in [6.07, 6.45) is 1.51. The Bertz CT molecular complexity index is 707. The third-order valence-corrected chi connectivity index (χ3v) is 5.15. The van der Waals surface area contributed by atoms with Gasteiger partial charge in [-0.1, -0.05) is 45.0 Å². The van der Waals surface area contributed by atoms with Gasteiger partial charge in [0.1, 0.15) is 51.2 Å². The monoisotopic (exact) mass is 371 g/mol. The van der Waals surface area contributed by atoms with Crippen LogP contribution in [-0.2, 0) is 5.41 Å². The molecule has 0 unspecified atom stereocenters. The number of anilines is 1. The van der Waals surface area contributed by atoms with Gasteiger partial charge in [-0.3, -0.25) is 4.90 Å². The van der Waals surface area contributed by atoms with Crippen LogP contribution in [0, 0.1) is 0 Å². The van der Waals surface area contributed by atoms with Crippen LogP contribution in [-0.4, -0.2) is 50.5 Å². The van der Waals surface area contributed by atoms with Gasteiger partial charge in [-0.15, -0.1) is 0 Å². The second kappa shape index (κ2) is 8.72. The summed E-state index contributed by atoms with van der Waals surface area (Å²) in [5.41, 5.74) is 1.20. The molecule has 0 saturated carbocycles. The van der Waals surface area contributed by atoms with Crippen LogP contribution in [0.25, 0.3) is 0 Å². The zero-order chi connectivity index (χ0) is 19.3. The number of hydrogen-bond acceptors (Lipinski definition) is 3. The Labute approximate surface area is 162 Å². The molecule has 1 aliphatic rings. The number of hydrogen-bond donors (Lipinski definition) is 2. The largest absolute Gasteiger partial charge is 0.490 e. The van der Waals surface area contributed by atoms with Crippen molar-refractivity contribution >= 4 is 5.82 Å². The second-order valence-corrected chi connectivity index (χ2v) is 8.40. The number of aromatic amines is 1. The van der Waals surface area contributed by atoms with Crippen molar-refractivity contribution in [2.24, 2.45) is 0 Å². The lowest BCUT2D eigenvalue weighted by atomic mass is 9.86. The second-order valence-electron chi connectivity index (χ2n) is 8.40. The molecule has 0 aliphatic carbocycles. The van der Waals surface area contributed by atoms with Gasteiger partial charge in [0.05, 0.1) is 6.20 Å². The van der Waals surface area contributed by atoms with Gasteiger partial charge < -0.3 is 14.7 Å². The highest BCUT2D eigenvalue weighted by molar-refractivity contribution is 5.38.